The summed E-state index contributed by atoms with van der Waals surface area (Å²) in [5.74, 6) is 0. The van der Waals surface area contributed by atoms with Crippen LogP contribution in [0.1, 0.15) is 313 Å². The van der Waals surface area contributed by atoms with E-state index in [1.807, 2.05) is 0 Å². The number of benzene rings is 1. The Balaban J connectivity index is 1.88. The van der Waals surface area contributed by atoms with Gasteiger partial charge in [-0.3, -0.25) is 0 Å². The third-order valence-corrected chi connectivity index (χ3v) is 13.2. The summed E-state index contributed by atoms with van der Waals surface area (Å²) < 4.78 is 0. The van der Waals surface area contributed by atoms with Gasteiger partial charge in [0, 0.05) is 0 Å². The van der Waals surface area contributed by atoms with E-state index in [1.165, 1.54) is 295 Å². The molecule has 0 saturated heterocycles. The average Bonchev–Trinajstić information content (AvgIpc) is 3.21. The molecular weight excluding hydrogens is 673 g/mol. The average molecular weight is 778 g/mol. The van der Waals surface area contributed by atoms with Gasteiger partial charge >= 0.3 is 0 Å². The molecular formula is C56H105. The van der Waals surface area contributed by atoms with E-state index in [2.05, 4.69) is 39.0 Å². The van der Waals surface area contributed by atoms with E-state index >= 15 is 0 Å². The molecule has 0 aliphatic carbocycles. The van der Waals surface area contributed by atoms with E-state index in [0.717, 1.165) is 6.42 Å². The van der Waals surface area contributed by atoms with E-state index in [4.69, 9.17) is 0 Å². The first-order valence-corrected chi connectivity index (χ1v) is 26.7. The summed E-state index contributed by atoms with van der Waals surface area (Å²) in [5, 5.41) is 0. The Labute approximate surface area is 356 Å². The van der Waals surface area contributed by atoms with E-state index < -0.39 is 0 Å². The van der Waals surface area contributed by atoms with Gasteiger partial charge in [0.1, 0.15) is 0 Å². The highest BCUT2D eigenvalue weighted by atomic mass is 14.1. The maximum atomic E-state index is 4.36. The summed E-state index contributed by atoms with van der Waals surface area (Å²) in [7, 11) is 0. The molecule has 0 aliphatic heterocycles. The third kappa shape index (κ3) is 36.3. The first kappa shape index (κ1) is 53.2. The van der Waals surface area contributed by atoms with Crippen LogP contribution in [0.15, 0.2) is 18.2 Å². The zero-order chi connectivity index (χ0) is 40.1. The van der Waals surface area contributed by atoms with Crippen molar-refractivity contribution in [1.82, 2.24) is 0 Å². The van der Waals surface area contributed by atoms with Gasteiger partial charge in [0.15, 0.2) is 0 Å². The second-order valence-corrected chi connectivity index (χ2v) is 18.7. The molecule has 56 heavy (non-hydrogen) atoms. The second-order valence-electron chi connectivity index (χ2n) is 18.7. The summed E-state index contributed by atoms with van der Waals surface area (Å²) in [6.07, 6.45) is 67.6. The van der Waals surface area contributed by atoms with Gasteiger partial charge in [-0.05, 0) is 55.7 Å². The minimum absolute atomic E-state index is 0.962. The molecule has 0 amide bonds. The van der Waals surface area contributed by atoms with E-state index in [1.54, 1.807) is 16.7 Å². The predicted octanol–water partition coefficient (Wildman–Crippen LogP) is 20.4. The monoisotopic (exact) mass is 778 g/mol. The number of aryl methyl sites for hydroxylation is 2. The molecule has 0 nitrogen and oxygen atoms in total. The SMILES string of the molecule is [CH2]Cc1c(CCCCCCCCCCCCCCCCCCCCCCCC)cccc1CCCCCCCCCCCCCCCCCCCCCCCC. The van der Waals surface area contributed by atoms with Gasteiger partial charge < -0.3 is 0 Å². The largest absolute Gasteiger partial charge is 0.0654 e. The van der Waals surface area contributed by atoms with Gasteiger partial charge in [-0.25, -0.2) is 0 Å². The molecule has 0 atom stereocenters. The third-order valence-electron chi connectivity index (χ3n) is 13.2. The van der Waals surface area contributed by atoms with E-state index in [9.17, 15) is 0 Å². The fraction of sp³-hybridized carbons (Fsp3) is 0.875. The van der Waals surface area contributed by atoms with Crippen LogP contribution in [0, 0.1) is 6.92 Å². The molecule has 1 rings (SSSR count). The van der Waals surface area contributed by atoms with Crippen LogP contribution in [0.25, 0.3) is 0 Å². The number of unbranched alkanes of at least 4 members (excludes halogenated alkanes) is 42. The molecule has 0 saturated carbocycles. The van der Waals surface area contributed by atoms with Crippen LogP contribution >= 0.6 is 0 Å². The van der Waals surface area contributed by atoms with Gasteiger partial charge in [0.25, 0.3) is 0 Å². The Kier molecular flexibility index (Phi) is 43.1. The lowest BCUT2D eigenvalue weighted by molar-refractivity contribution is 0.519. The van der Waals surface area contributed by atoms with Crippen molar-refractivity contribution in [2.75, 3.05) is 0 Å². The van der Waals surface area contributed by atoms with Crippen molar-refractivity contribution in [2.24, 2.45) is 0 Å². The molecule has 0 heterocycles. The standard InChI is InChI=1S/C56H105/c1-4-7-9-11-13-15-17-19-21-23-25-27-29-31-33-35-37-39-41-43-45-47-50-54-52-49-53-55(56(54)6-3)51-48-46-44-42-40-38-36-34-32-30-28-26-24-22-20-18-16-14-12-10-8-5-2/h49,52-53H,3-48,50-51H2,1-2H3. The Morgan fingerprint density at radius 1 is 0.268 bits per heavy atom. The summed E-state index contributed by atoms with van der Waals surface area (Å²) in [5.41, 5.74) is 4.79. The van der Waals surface area contributed by atoms with Crippen molar-refractivity contribution in [3.63, 3.8) is 0 Å². The normalized spacial score (nSPS) is 11.6. The molecule has 0 fully saturated rings. The Bertz CT molecular complexity index is 801. The van der Waals surface area contributed by atoms with Crippen molar-refractivity contribution in [3.8, 4) is 0 Å². The topological polar surface area (TPSA) is 0 Å². The smallest absolute Gasteiger partial charge is 0.0273 e. The summed E-state index contributed by atoms with van der Waals surface area (Å²) in [6.45, 7) is 8.98. The van der Waals surface area contributed by atoms with Gasteiger partial charge in [-0.15, -0.1) is 0 Å². The van der Waals surface area contributed by atoms with Crippen molar-refractivity contribution in [2.45, 2.75) is 316 Å². The molecule has 1 radical (unpaired) electrons. The maximum absolute atomic E-state index is 4.36. The van der Waals surface area contributed by atoms with Crippen LogP contribution in [0.3, 0.4) is 0 Å². The van der Waals surface area contributed by atoms with Crippen molar-refractivity contribution < 1.29 is 0 Å². The Hall–Kier alpha value is -0.780. The summed E-state index contributed by atoms with van der Waals surface area (Å²) >= 11 is 0. The molecule has 1 aromatic carbocycles. The lowest BCUT2D eigenvalue weighted by Gasteiger charge is -2.14. The lowest BCUT2D eigenvalue weighted by Crippen LogP contribution is -2.00. The Morgan fingerprint density at radius 3 is 0.625 bits per heavy atom. The van der Waals surface area contributed by atoms with E-state index in [0.29, 0.717) is 0 Å². The molecule has 329 valence electrons. The number of rotatable bonds is 47. The van der Waals surface area contributed by atoms with Crippen LogP contribution < -0.4 is 0 Å². The van der Waals surface area contributed by atoms with Gasteiger partial charge in [-0.1, -0.05) is 302 Å². The lowest BCUT2D eigenvalue weighted by atomic mass is 9.92. The summed E-state index contributed by atoms with van der Waals surface area (Å²) in [6, 6.07) is 7.14. The first-order chi connectivity index (χ1) is 27.8. The zero-order valence-corrected chi connectivity index (χ0v) is 39.2. The highest BCUT2D eigenvalue weighted by Gasteiger charge is 2.07. The van der Waals surface area contributed by atoms with Gasteiger partial charge in [-0.2, -0.15) is 0 Å². The van der Waals surface area contributed by atoms with Crippen LogP contribution in [0.2, 0.25) is 0 Å². The van der Waals surface area contributed by atoms with E-state index in [-0.39, 0.29) is 0 Å². The summed E-state index contributed by atoms with van der Waals surface area (Å²) in [4.78, 5) is 0. The van der Waals surface area contributed by atoms with Gasteiger partial charge in [0.05, 0.1) is 0 Å². The molecule has 0 aliphatic rings. The molecule has 0 N–H and O–H groups in total. The number of hydrogen-bond acceptors (Lipinski definition) is 0. The first-order valence-electron chi connectivity index (χ1n) is 26.7. The van der Waals surface area contributed by atoms with Crippen molar-refractivity contribution >= 4 is 0 Å². The van der Waals surface area contributed by atoms with Crippen molar-refractivity contribution in [3.05, 3.63) is 41.8 Å². The predicted molar refractivity (Wildman–Crippen MR) is 257 cm³/mol. The zero-order valence-electron chi connectivity index (χ0n) is 39.2. The van der Waals surface area contributed by atoms with Crippen LogP contribution in [0.4, 0.5) is 0 Å². The molecule has 1 aromatic rings. The molecule has 0 bridgehead atoms. The van der Waals surface area contributed by atoms with Crippen molar-refractivity contribution in [1.29, 1.82) is 0 Å². The fourth-order valence-corrected chi connectivity index (χ4v) is 9.33. The quantitative estimate of drug-likeness (QED) is 0.0578. The highest BCUT2D eigenvalue weighted by Crippen LogP contribution is 2.22. The van der Waals surface area contributed by atoms with Gasteiger partial charge in [0.2, 0.25) is 0 Å². The molecule has 0 heteroatoms. The van der Waals surface area contributed by atoms with Crippen LogP contribution in [-0.2, 0) is 19.3 Å². The molecule has 0 spiro atoms. The molecule has 0 aromatic heterocycles. The maximum Gasteiger partial charge on any atom is -0.0273 e. The Morgan fingerprint density at radius 2 is 0.446 bits per heavy atom. The minimum atomic E-state index is 0.962. The second kappa shape index (κ2) is 45.3. The highest BCUT2D eigenvalue weighted by molar-refractivity contribution is 5.36. The van der Waals surface area contributed by atoms with Crippen LogP contribution in [0.5, 0.6) is 0 Å². The molecule has 0 unspecified atom stereocenters. The van der Waals surface area contributed by atoms with Crippen LogP contribution in [-0.4, -0.2) is 0 Å². The minimum Gasteiger partial charge on any atom is -0.0654 e. The fourth-order valence-electron chi connectivity index (χ4n) is 9.33. The number of hydrogen-bond donors (Lipinski definition) is 0.